The quantitative estimate of drug-likeness (QED) is 0.641. The van der Waals surface area contributed by atoms with E-state index in [0.717, 1.165) is 23.6 Å². The topological polar surface area (TPSA) is 40.5 Å². The molecule has 3 saturated carbocycles. The lowest BCUT2D eigenvalue weighted by Crippen LogP contribution is -2.52. The first-order chi connectivity index (χ1) is 11.8. The number of aliphatic hydroxyl groups is 2. The fraction of sp³-hybridized carbons (Fsp3) is 0.818. The van der Waals surface area contributed by atoms with E-state index in [9.17, 15) is 10.2 Å². The van der Waals surface area contributed by atoms with Gasteiger partial charge in [-0.25, -0.2) is 0 Å². The number of fused-ring (bicyclic) bond motifs is 5. The van der Waals surface area contributed by atoms with Crippen LogP contribution < -0.4 is 0 Å². The van der Waals surface area contributed by atoms with E-state index in [-0.39, 0.29) is 11.5 Å². The summed E-state index contributed by atoms with van der Waals surface area (Å²) in [5.74, 6) is 2.67. The van der Waals surface area contributed by atoms with Crippen LogP contribution in [-0.2, 0) is 0 Å². The van der Waals surface area contributed by atoms with Crippen molar-refractivity contribution in [3.05, 3.63) is 23.3 Å². The Kier molecular flexibility index (Phi) is 4.53. The van der Waals surface area contributed by atoms with E-state index in [0.29, 0.717) is 23.7 Å². The number of halogens is 1. The van der Waals surface area contributed by atoms with E-state index in [4.69, 9.17) is 0 Å². The minimum Gasteiger partial charge on any atom is -0.393 e. The number of aliphatic hydroxyl groups excluding tert-OH is 2. The molecule has 0 aliphatic heterocycles. The van der Waals surface area contributed by atoms with Gasteiger partial charge in [0, 0.05) is 17.2 Å². The molecule has 2 nitrogen and oxygen atoms in total. The third-order valence-corrected chi connectivity index (χ3v) is 9.67. The Morgan fingerprint density at radius 2 is 1.92 bits per heavy atom. The average molecular weight is 409 g/mol. The van der Waals surface area contributed by atoms with Crippen LogP contribution in [0.25, 0.3) is 0 Å². The molecule has 0 radical (unpaired) electrons. The van der Waals surface area contributed by atoms with Crippen LogP contribution >= 0.6 is 15.9 Å². The van der Waals surface area contributed by atoms with Gasteiger partial charge in [-0.15, -0.1) is 0 Å². The summed E-state index contributed by atoms with van der Waals surface area (Å²) >= 11 is 3.72. The Hall–Kier alpha value is -0.120. The largest absolute Gasteiger partial charge is 0.393 e. The molecular weight excluding hydrogens is 376 g/mol. The molecule has 140 valence electrons. The minimum atomic E-state index is -0.417. The Morgan fingerprint density at radius 3 is 2.64 bits per heavy atom. The first-order valence-corrected chi connectivity index (χ1v) is 11.3. The van der Waals surface area contributed by atoms with Crippen molar-refractivity contribution in [3.8, 4) is 0 Å². The van der Waals surface area contributed by atoms with Gasteiger partial charge < -0.3 is 10.2 Å². The summed E-state index contributed by atoms with van der Waals surface area (Å²) in [5.41, 5.74) is 3.14. The van der Waals surface area contributed by atoms with Crippen LogP contribution in [0.3, 0.4) is 0 Å². The highest BCUT2D eigenvalue weighted by molar-refractivity contribution is 9.09. The summed E-state index contributed by atoms with van der Waals surface area (Å²) in [6.45, 7) is 7.21. The minimum absolute atomic E-state index is 0.163. The molecule has 0 aromatic rings. The first-order valence-electron chi connectivity index (χ1n) is 10.2. The molecule has 4 aliphatic rings. The van der Waals surface area contributed by atoms with Crippen LogP contribution in [-0.4, -0.2) is 27.8 Å². The van der Waals surface area contributed by atoms with Gasteiger partial charge in [-0.3, -0.25) is 0 Å². The molecule has 25 heavy (non-hydrogen) atoms. The number of alkyl halides is 1. The highest BCUT2D eigenvalue weighted by Crippen LogP contribution is 2.65. The maximum absolute atomic E-state index is 10.9. The third-order valence-electron chi connectivity index (χ3n) is 8.65. The zero-order chi connectivity index (χ0) is 18.0. The lowest BCUT2D eigenvalue weighted by molar-refractivity contribution is -0.0539. The molecule has 0 aromatic heterocycles. The molecule has 0 spiro atoms. The van der Waals surface area contributed by atoms with Crippen molar-refractivity contribution in [1.29, 1.82) is 0 Å². The molecule has 1 unspecified atom stereocenters. The molecule has 0 amide bonds. The highest BCUT2D eigenvalue weighted by atomic mass is 79.9. The van der Waals surface area contributed by atoms with Gasteiger partial charge in [0.2, 0.25) is 0 Å². The van der Waals surface area contributed by atoms with Gasteiger partial charge >= 0.3 is 0 Å². The molecule has 0 aromatic carbocycles. The number of rotatable bonds is 2. The SMILES string of the molecule is CC(CBr)[C@H]1CC[C@H]2C3=CC=C4C[C@@H](O)C[C@H](O)[C@]4(C)[C@H]3CC[C@]12C. The molecule has 2 N–H and O–H groups in total. The van der Waals surface area contributed by atoms with E-state index < -0.39 is 6.10 Å². The Bertz CT molecular complexity index is 611. The van der Waals surface area contributed by atoms with Crippen LogP contribution in [0.5, 0.6) is 0 Å². The summed E-state index contributed by atoms with van der Waals surface area (Å²) in [6.07, 6.45) is 10.2. The first kappa shape index (κ1) is 18.3. The highest BCUT2D eigenvalue weighted by Gasteiger charge is 2.58. The van der Waals surface area contributed by atoms with Gasteiger partial charge in [-0.2, -0.15) is 0 Å². The molecule has 0 saturated heterocycles. The van der Waals surface area contributed by atoms with Gasteiger partial charge in [0.25, 0.3) is 0 Å². The Labute approximate surface area is 160 Å². The average Bonchev–Trinajstić information content (AvgIpc) is 2.93. The molecule has 4 aliphatic carbocycles. The molecule has 3 fully saturated rings. The summed E-state index contributed by atoms with van der Waals surface area (Å²) in [7, 11) is 0. The van der Waals surface area contributed by atoms with Crippen LogP contribution in [0.1, 0.15) is 59.3 Å². The van der Waals surface area contributed by atoms with Crippen LogP contribution in [0.4, 0.5) is 0 Å². The molecule has 0 heterocycles. The van der Waals surface area contributed by atoms with Crippen molar-refractivity contribution in [1.82, 2.24) is 0 Å². The van der Waals surface area contributed by atoms with Crippen molar-refractivity contribution >= 4 is 15.9 Å². The van der Waals surface area contributed by atoms with Crippen molar-refractivity contribution in [2.24, 2.45) is 34.5 Å². The summed E-state index contributed by atoms with van der Waals surface area (Å²) < 4.78 is 0. The van der Waals surface area contributed by atoms with E-state index in [1.54, 1.807) is 5.57 Å². The number of hydrogen-bond acceptors (Lipinski definition) is 2. The lowest BCUT2D eigenvalue weighted by Gasteiger charge is -2.56. The van der Waals surface area contributed by atoms with E-state index in [1.807, 2.05) is 0 Å². The van der Waals surface area contributed by atoms with Crippen LogP contribution in [0.2, 0.25) is 0 Å². The summed E-state index contributed by atoms with van der Waals surface area (Å²) in [5, 5.41) is 22.1. The second-order valence-electron chi connectivity index (χ2n) is 9.72. The standard InChI is InChI=1S/C22H33BrO2/c1-13(12-23)17-6-7-18-16-5-4-14-10-15(24)11-20(25)22(14,3)19(16)8-9-21(17,18)2/h4-5,13,15,17-20,24-25H,6-12H2,1-3H3/t13?,15-,17-,18+,19+,20+,21-,22+/m1/s1. The van der Waals surface area contributed by atoms with Crippen molar-refractivity contribution in [3.63, 3.8) is 0 Å². The van der Waals surface area contributed by atoms with E-state index in [2.05, 4.69) is 48.9 Å². The monoisotopic (exact) mass is 408 g/mol. The Balaban J connectivity index is 1.71. The summed E-state index contributed by atoms with van der Waals surface area (Å²) in [4.78, 5) is 0. The predicted octanol–water partition coefficient (Wildman–Crippen LogP) is 4.85. The van der Waals surface area contributed by atoms with Crippen LogP contribution in [0.15, 0.2) is 23.3 Å². The second kappa shape index (κ2) is 6.21. The lowest BCUT2D eigenvalue weighted by atomic mass is 9.49. The van der Waals surface area contributed by atoms with Gasteiger partial charge in [-0.05, 0) is 61.2 Å². The number of hydrogen-bond donors (Lipinski definition) is 2. The zero-order valence-corrected chi connectivity index (χ0v) is 17.4. The third kappa shape index (κ3) is 2.48. The molecule has 0 bridgehead atoms. The fourth-order valence-electron chi connectivity index (χ4n) is 7.13. The summed E-state index contributed by atoms with van der Waals surface area (Å²) in [6, 6.07) is 0. The Morgan fingerprint density at radius 1 is 1.16 bits per heavy atom. The normalized spacial score (nSPS) is 50.2. The molecule has 3 heteroatoms. The molecule has 4 rings (SSSR count). The van der Waals surface area contributed by atoms with Gasteiger partial charge in [-0.1, -0.05) is 60.0 Å². The molecular formula is C22H33BrO2. The predicted molar refractivity (Wildman–Crippen MR) is 106 cm³/mol. The van der Waals surface area contributed by atoms with Crippen molar-refractivity contribution < 1.29 is 10.2 Å². The van der Waals surface area contributed by atoms with E-state index in [1.165, 1.54) is 31.3 Å². The van der Waals surface area contributed by atoms with Gasteiger partial charge in [0.15, 0.2) is 0 Å². The van der Waals surface area contributed by atoms with Crippen molar-refractivity contribution in [2.45, 2.75) is 71.5 Å². The molecule has 8 atom stereocenters. The zero-order valence-electron chi connectivity index (χ0n) is 15.8. The second-order valence-corrected chi connectivity index (χ2v) is 10.4. The maximum Gasteiger partial charge on any atom is 0.0661 e. The van der Waals surface area contributed by atoms with E-state index >= 15 is 0 Å². The van der Waals surface area contributed by atoms with Gasteiger partial charge in [0.05, 0.1) is 12.2 Å². The smallest absolute Gasteiger partial charge is 0.0661 e. The maximum atomic E-state index is 10.9. The van der Waals surface area contributed by atoms with Crippen LogP contribution in [0, 0.1) is 34.5 Å². The van der Waals surface area contributed by atoms with Crippen molar-refractivity contribution in [2.75, 3.05) is 5.33 Å². The fourth-order valence-corrected chi connectivity index (χ4v) is 7.58. The number of allylic oxidation sites excluding steroid dienone is 3. The van der Waals surface area contributed by atoms with Gasteiger partial charge in [0.1, 0.15) is 0 Å².